The van der Waals surface area contributed by atoms with Crippen LogP contribution < -0.4 is 10.1 Å². The molecule has 1 amide bonds. The Hall–Kier alpha value is -2.44. The van der Waals surface area contributed by atoms with Crippen LogP contribution in [-0.4, -0.2) is 28.4 Å². The summed E-state index contributed by atoms with van der Waals surface area (Å²) < 4.78 is 9.65. The topological polar surface area (TPSA) is 90.1 Å². The Labute approximate surface area is 96.8 Å². The van der Waals surface area contributed by atoms with Gasteiger partial charge in [0.2, 0.25) is 5.88 Å². The lowest BCUT2D eigenvalue weighted by Gasteiger charge is -2.00. The van der Waals surface area contributed by atoms with E-state index in [-0.39, 0.29) is 5.69 Å². The third-order valence-corrected chi connectivity index (χ3v) is 1.95. The maximum atomic E-state index is 11.7. The molecule has 17 heavy (non-hydrogen) atoms. The van der Waals surface area contributed by atoms with Crippen LogP contribution >= 0.6 is 0 Å². The van der Waals surface area contributed by atoms with Crippen molar-refractivity contribution in [3.05, 3.63) is 29.7 Å². The molecule has 88 valence electrons. The first kappa shape index (κ1) is 11.1. The number of ether oxygens (including phenoxy) is 1. The zero-order valence-electron chi connectivity index (χ0n) is 9.30. The van der Waals surface area contributed by atoms with Gasteiger partial charge < -0.3 is 14.6 Å². The molecule has 0 radical (unpaired) electrons. The molecule has 7 heteroatoms. The lowest BCUT2D eigenvalue weighted by molar-refractivity contribution is 0.102. The van der Waals surface area contributed by atoms with Crippen LogP contribution in [0.3, 0.4) is 0 Å². The van der Waals surface area contributed by atoms with Gasteiger partial charge in [0.05, 0.1) is 7.11 Å². The molecular weight excluding hydrogens is 224 g/mol. The van der Waals surface area contributed by atoms with E-state index in [1.165, 1.54) is 13.2 Å². The second-order valence-electron chi connectivity index (χ2n) is 3.24. The minimum absolute atomic E-state index is 0.173. The van der Waals surface area contributed by atoms with Crippen LogP contribution in [0.15, 0.2) is 22.7 Å². The molecule has 1 N–H and O–H groups in total. The molecule has 0 unspecified atom stereocenters. The minimum atomic E-state index is -0.409. The predicted octanol–water partition coefficient (Wildman–Crippen LogP) is 1.03. The van der Waals surface area contributed by atoms with Crippen LogP contribution in [-0.2, 0) is 0 Å². The van der Waals surface area contributed by atoms with Gasteiger partial charge in [-0.3, -0.25) is 4.79 Å². The number of nitrogens with one attached hydrogen (secondary N) is 1. The monoisotopic (exact) mass is 234 g/mol. The molecule has 0 aliphatic heterocycles. The summed E-state index contributed by atoms with van der Waals surface area (Å²) >= 11 is 0. The van der Waals surface area contributed by atoms with Crippen molar-refractivity contribution in [2.45, 2.75) is 6.92 Å². The van der Waals surface area contributed by atoms with E-state index in [2.05, 4.69) is 20.7 Å². The van der Waals surface area contributed by atoms with Crippen LogP contribution in [0.4, 0.5) is 5.82 Å². The van der Waals surface area contributed by atoms with E-state index < -0.39 is 5.91 Å². The number of anilines is 1. The predicted molar refractivity (Wildman–Crippen MR) is 57.8 cm³/mol. The first-order chi connectivity index (χ1) is 8.19. The molecule has 0 fully saturated rings. The largest absolute Gasteiger partial charge is 0.480 e. The number of rotatable bonds is 3. The third-order valence-electron chi connectivity index (χ3n) is 1.95. The first-order valence-electron chi connectivity index (χ1n) is 4.81. The Bertz CT molecular complexity index is 521. The molecule has 2 heterocycles. The summed E-state index contributed by atoms with van der Waals surface area (Å²) in [6.07, 6.45) is 0. The van der Waals surface area contributed by atoms with E-state index in [0.29, 0.717) is 17.5 Å². The zero-order chi connectivity index (χ0) is 12.3. The van der Waals surface area contributed by atoms with Gasteiger partial charge >= 0.3 is 0 Å². The Balaban J connectivity index is 2.09. The molecule has 2 aromatic rings. The van der Waals surface area contributed by atoms with E-state index in [9.17, 15) is 4.79 Å². The Kier molecular flexibility index (Phi) is 2.99. The van der Waals surface area contributed by atoms with Crippen LogP contribution in [0.25, 0.3) is 0 Å². The van der Waals surface area contributed by atoms with E-state index in [1.807, 2.05) is 0 Å². The molecule has 0 saturated heterocycles. The highest BCUT2D eigenvalue weighted by atomic mass is 16.5. The van der Waals surface area contributed by atoms with E-state index in [4.69, 9.17) is 9.26 Å². The van der Waals surface area contributed by atoms with Crippen molar-refractivity contribution in [1.82, 2.24) is 15.4 Å². The van der Waals surface area contributed by atoms with Gasteiger partial charge in [0.15, 0.2) is 11.5 Å². The van der Waals surface area contributed by atoms with E-state index in [0.717, 1.165) is 0 Å². The molecule has 2 rings (SSSR count). The Morgan fingerprint density at radius 1 is 1.41 bits per heavy atom. The van der Waals surface area contributed by atoms with Gasteiger partial charge in [0.1, 0.15) is 5.76 Å². The molecule has 0 aliphatic rings. The van der Waals surface area contributed by atoms with Crippen LogP contribution in [0.5, 0.6) is 5.88 Å². The molecule has 0 aliphatic carbocycles. The standard InChI is InChI=1S/C10H10N4O3/c1-6-5-8(14-17-6)11-10(15)7-3-4-9(16-2)13-12-7/h3-5H,1-2H3,(H,11,14,15). The zero-order valence-corrected chi connectivity index (χ0v) is 9.30. The van der Waals surface area contributed by atoms with Crippen molar-refractivity contribution in [3.8, 4) is 5.88 Å². The number of hydrogen-bond donors (Lipinski definition) is 1. The SMILES string of the molecule is COc1ccc(C(=O)Nc2cc(C)on2)nn1. The third kappa shape index (κ3) is 2.57. The summed E-state index contributed by atoms with van der Waals surface area (Å²) in [5, 5.41) is 13.6. The molecule has 0 atom stereocenters. The van der Waals surface area contributed by atoms with Crippen molar-refractivity contribution >= 4 is 11.7 Å². The van der Waals surface area contributed by atoms with E-state index >= 15 is 0 Å². The molecule has 0 bridgehead atoms. The minimum Gasteiger partial charge on any atom is -0.480 e. The van der Waals surface area contributed by atoms with E-state index in [1.54, 1.807) is 19.1 Å². The van der Waals surface area contributed by atoms with Crippen LogP contribution in [0.1, 0.15) is 16.2 Å². The Morgan fingerprint density at radius 3 is 2.76 bits per heavy atom. The maximum absolute atomic E-state index is 11.7. The summed E-state index contributed by atoms with van der Waals surface area (Å²) in [6.45, 7) is 1.73. The summed E-state index contributed by atoms with van der Waals surface area (Å²) in [7, 11) is 1.47. The van der Waals surface area contributed by atoms with Crippen molar-refractivity contribution in [2.75, 3.05) is 12.4 Å². The lowest BCUT2D eigenvalue weighted by atomic mass is 10.3. The molecule has 0 saturated carbocycles. The summed E-state index contributed by atoms with van der Waals surface area (Å²) in [5.41, 5.74) is 0.173. The van der Waals surface area contributed by atoms with Gasteiger partial charge in [-0.25, -0.2) is 0 Å². The molecule has 2 aromatic heterocycles. The van der Waals surface area contributed by atoms with Gasteiger partial charge in [0, 0.05) is 12.1 Å². The van der Waals surface area contributed by atoms with Gasteiger partial charge in [-0.05, 0) is 13.0 Å². The number of methoxy groups -OCH3 is 1. The maximum Gasteiger partial charge on any atom is 0.277 e. The fraction of sp³-hybridized carbons (Fsp3) is 0.200. The number of aromatic nitrogens is 3. The quantitative estimate of drug-likeness (QED) is 0.853. The summed E-state index contributed by atoms with van der Waals surface area (Å²) in [4.78, 5) is 11.7. The van der Waals surface area contributed by atoms with Gasteiger partial charge in [-0.2, -0.15) is 0 Å². The van der Waals surface area contributed by atoms with Crippen molar-refractivity contribution in [2.24, 2.45) is 0 Å². The molecule has 0 spiro atoms. The second-order valence-corrected chi connectivity index (χ2v) is 3.24. The number of carbonyl (C=O) groups is 1. The molecule has 0 aromatic carbocycles. The number of carbonyl (C=O) groups excluding carboxylic acids is 1. The average molecular weight is 234 g/mol. The van der Waals surface area contributed by atoms with Gasteiger partial charge in [-0.15, -0.1) is 10.2 Å². The summed E-state index contributed by atoms with van der Waals surface area (Å²) in [6, 6.07) is 4.67. The average Bonchev–Trinajstić information content (AvgIpc) is 2.75. The second kappa shape index (κ2) is 4.60. The summed E-state index contributed by atoms with van der Waals surface area (Å²) in [5.74, 6) is 0.888. The highest BCUT2D eigenvalue weighted by Crippen LogP contribution is 2.09. The van der Waals surface area contributed by atoms with Crippen molar-refractivity contribution < 1.29 is 14.1 Å². The van der Waals surface area contributed by atoms with Crippen LogP contribution in [0, 0.1) is 6.92 Å². The number of aryl methyl sites for hydroxylation is 1. The number of amides is 1. The van der Waals surface area contributed by atoms with Crippen LogP contribution in [0.2, 0.25) is 0 Å². The normalized spacial score (nSPS) is 10.0. The van der Waals surface area contributed by atoms with Gasteiger partial charge in [-0.1, -0.05) is 5.16 Å². The molecular formula is C10H10N4O3. The highest BCUT2D eigenvalue weighted by molar-refractivity contribution is 6.02. The lowest BCUT2D eigenvalue weighted by Crippen LogP contribution is -2.14. The smallest absolute Gasteiger partial charge is 0.277 e. The van der Waals surface area contributed by atoms with Crippen molar-refractivity contribution in [3.63, 3.8) is 0 Å². The first-order valence-corrected chi connectivity index (χ1v) is 4.81. The Morgan fingerprint density at radius 2 is 2.24 bits per heavy atom. The van der Waals surface area contributed by atoms with Crippen molar-refractivity contribution in [1.29, 1.82) is 0 Å². The number of hydrogen-bond acceptors (Lipinski definition) is 6. The van der Waals surface area contributed by atoms with Gasteiger partial charge in [0.25, 0.3) is 5.91 Å². The molecule has 7 nitrogen and oxygen atoms in total. The fourth-order valence-corrected chi connectivity index (χ4v) is 1.16. The fourth-order valence-electron chi connectivity index (χ4n) is 1.16. The number of nitrogens with zero attached hydrogens (tertiary/aromatic N) is 3. The highest BCUT2D eigenvalue weighted by Gasteiger charge is 2.10.